The van der Waals surface area contributed by atoms with Gasteiger partial charge in [-0.05, 0) is 41.8 Å². The average Bonchev–Trinajstić information content (AvgIpc) is 3.33. The van der Waals surface area contributed by atoms with Gasteiger partial charge < -0.3 is 15.0 Å². The van der Waals surface area contributed by atoms with Crippen molar-refractivity contribution in [2.75, 3.05) is 19.0 Å². The summed E-state index contributed by atoms with van der Waals surface area (Å²) in [6, 6.07) is 12.7. The van der Waals surface area contributed by atoms with Gasteiger partial charge in [0.25, 0.3) is 0 Å². The van der Waals surface area contributed by atoms with Crippen molar-refractivity contribution in [3.05, 3.63) is 60.6 Å². The Hall–Kier alpha value is -3.34. The van der Waals surface area contributed by atoms with E-state index in [1.165, 1.54) is 22.4 Å². The van der Waals surface area contributed by atoms with Gasteiger partial charge in [-0.1, -0.05) is 6.07 Å². The SMILES string of the molecule is COc1ccc(-c2cnc3[nH]cc(-c4ccc5c(c4)CCN5)c3c2)cn1. The maximum atomic E-state index is 5.14. The molecule has 0 atom stereocenters. The highest BCUT2D eigenvalue weighted by atomic mass is 16.5. The zero-order chi connectivity index (χ0) is 17.5. The van der Waals surface area contributed by atoms with Crippen LogP contribution in [0.4, 0.5) is 5.69 Å². The van der Waals surface area contributed by atoms with E-state index in [0.29, 0.717) is 5.88 Å². The van der Waals surface area contributed by atoms with Crippen molar-refractivity contribution in [1.82, 2.24) is 15.0 Å². The fraction of sp³-hybridized carbons (Fsp3) is 0.143. The molecule has 0 saturated carbocycles. The smallest absolute Gasteiger partial charge is 0.212 e. The lowest BCUT2D eigenvalue weighted by atomic mass is 10.0. The van der Waals surface area contributed by atoms with Crippen molar-refractivity contribution in [2.24, 2.45) is 0 Å². The number of hydrogen-bond acceptors (Lipinski definition) is 4. The molecule has 128 valence electrons. The lowest BCUT2D eigenvalue weighted by molar-refractivity contribution is 0.398. The third-order valence-corrected chi connectivity index (χ3v) is 4.94. The van der Waals surface area contributed by atoms with Gasteiger partial charge in [-0.2, -0.15) is 0 Å². The van der Waals surface area contributed by atoms with Crippen LogP contribution in [0.1, 0.15) is 5.56 Å². The van der Waals surface area contributed by atoms with Crippen LogP contribution >= 0.6 is 0 Å². The predicted molar refractivity (Wildman–Crippen MR) is 104 cm³/mol. The molecule has 0 aliphatic carbocycles. The zero-order valence-electron chi connectivity index (χ0n) is 14.4. The van der Waals surface area contributed by atoms with Crippen LogP contribution in [-0.2, 0) is 6.42 Å². The highest BCUT2D eigenvalue weighted by molar-refractivity contribution is 5.96. The van der Waals surface area contributed by atoms with Gasteiger partial charge in [0, 0.05) is 59.0 Å². The van der Waals surface area contributed by atoms with Crippen LogP contribution in [0, 0.1) is 0 Å². The van der Waals surface area contributed by atoms with Crippen molar-refractivity contribution < 1.29 is 4.74 Å². The molecule has 0 radical (unpaired) electrons. The summed E-state index contributed by atoms with van der Waals surface area (Å²) in [5.74, 6) is 0.608. The number of anilines is 1. The van der Waals surface area contributed by atoms with E-state index in [0.717, 1.165) is 35.1 Å². The largest absolute Gasteiger partial charge is 0.481 e. The number of H-pyrrole nitrogens is 1. The lowest BCUT2D eigenvalue weighted by Crippen LogP contribution is -1.90. The van der Waals surface area contributed by atoms with Crippen LogP contribution in [-0.4, -0.2) is 28.6 Å². The van der Waals surface area contributed by atoms with E-state index in [1.54, 1.807) is 7.11 Å². The van der Waals surface area contributed by atoms with Crippen molar-refractivity contribution in [2.45, 2.75) is 6.42 Å². The standard InChI is InChI=1S/C21H18N4O/c1-26-20-5-3-15(10-23-20)16-9-17-18(12-25-21(17)24-11-16)13-2-4-19-14(8-13)6-7-22-19/h2-5,8-12,22H,6-7H2,1H3,(H,24,25). The number of nitrogens with zero attached hydrogens (tertiary/aromatic N) is 2. The van der Waals surface area contributed by atoms with Crippen LogP contribution in [0.25, 0.3) is 33.3 Å². The van der Waals surface area contributed by atoms with E-state index in [-0.39, 0.29) is 0 Å². The number of pyridine rings is 2. The van der Waals surface area contributed by atoms with Crippen LogP contribution in [0.15, 0.2) is 55.0 Å². The van der Waals surface area contributed by atoms with E-state index in [1.807, 2.05) is 30.7 Å². The number of aromatic amines is 1. The second-order valence-corrected chi connectivity index (χ2v) is 6.46. The Kier molecular flexibility index (Phi) is 3.38. The van der Waals surface area contributed by atoms with Crippen molar-refractivity contribution in [1.29, 1.82) is 0 Å². The summed E-state index contributed by atoms with van der Waals surface area (Å²) in [5, 5.41) is 4.53. The molecule has 0 amide bonds. The first kappa shape index (κ1) is 15.0. The molecule has 5 nitrogen and oxygen atoms in total. The Morgan fingerprint density at radius 2 is 1.85 bits per heavy atom. The molecule has 0 bridgehead atoms. The van der Waals surface area contributed by atoms with Gasteiger partial charge in [-0.15, -0.1) is 0 Å². The Morgan fingerprint density at radius 1 is 0.962 bits per heavy atom. The monoisotopic (exact) mass is 342 g/mol. The molecule has 5 heteroatoms. The normalized spacial score (nSPS) is 12.8. The maximum Gasteiger partial charge on any atom is 0.212 e. The lowest BCUT2D eigenvalue weighted by Gasteiger charge is -2.06. The minimum Gasteiger partial charge on any atom is -0.481 e. The molecular formula is C21H18N4O. The first-order valence-electron chi connectivity index (χ1n) is 8.66. The minimum absolute atomic E-state index is 0.608. The summed E-state index contributed by atoms with van der Waals surface area (Å²) in [4.78, 5) is 12.2. The predicted octanol–water partition coefficient (Wildman–Crippen LogP) is 4.27. The summed E-state index contributed by atoms with van der Waals surface area (Å²) >= 11 is 0. The molecule has 0 spiro atoms. The first-order valence-corrected chi connectivity index (χ1v) is 8.66. The second-order valence-electron chi connectivity index (χ2n) is 6.46. The molecule has 4 aromatic rings. The van der Waals surface area contributed by atoms with Gasteiger partial charge in [-0.3, -0.25) is 0 Å². The van der Waals surface area contributed by atoms with Gasteiger partial charge in [0.15, 0.2) is 0 Å². The highest BCUT2D eigenvalue weighted by Gasteiger charge is 2.14. The third kappa shape index (κ3) is 2.40. The Balaban J connectivity index is 1.60. The van der Waals surface area contributed by atoms with Gasteiger partial charge in [-0.25, -0.2) is 9.97 Å². The van der Waals surface area contributed by atoms with Gasteiger partial charge in [0.2, 0.25) is 5.88 Å². The quantitative estimate of drug-likeness (QED) is 0.584. The number of hydrogen-bond donors (Lipinski definition) is 2. The molecule has 1 aromatic carbocycles. The molecular weight excluding hydrogens is 324 g/mol. The molecule has 2 N–H and O–H groups in total. The van der Waals surface area contributed by atoms with Crippen LogP contribution < -0.4 is 10.1 Å². The van der Waals surface area contributed by atoms with E-state index in [2.05, 4.69) is 44.5 Å². The van der Waals surface area contributed by atoms with E-state index >= 15 is 0 Å². The zero-order valence-corrected chi connectivity index (χ0v) is 14.4. The van der Waals surface area contributed by atoms with Gasteiger partial charge >= 0.3 is 0 Å². The van der Waals surface area contributed by atoms with E-state index in [9.17, 15) is 0 Å². The molecule has 1 aliphatic heterocycles. The number of methoxy groups -OCH3 is 1. The molecule has 0 fully saturated rings. The fourth-order valence-electron chi connectivity index (χ4n) is 3.54. The van der Waals surface area contributed by atoms with Gasteiger partial charge in [0.1, 0.15) is 5.65 Å². The number of aromatic nitrogens is 3. The van der Waals surface area contributed by atoms with Gasteiger partial charge in [0.05, 0.1) is 7.11 Å². The summed E-state index contributed by atoms with van der Waals surface area (Å²) in [7, 11) is 1.62. The first-order chi connectivity index (χ1) is 12.8. The summed E-state index contributed by atoms with van der Waals surface area (Å²) in [5.41, 5.74) is 7.96. The molecule has 26 heavy (non-hydrogen) atoms. The molecule has 5 rings (SSSR count). The number of nitrogens with one attached hydrogen (secondary N) is 2. The average molecular weight is 342 g/mol. The Morgan fingerprint density at radius 3 is 2.69 bits per heavy atom. The summed E-state index contributed by atoms with van der Waals surface area (Å²) < 4.78 is 5.14. The molecule has 0 saturated heterocycles. The summed E-state index contributed by atoms with van der Waals surface area (Å²) in [6.45, 7) is 1.02. The van der Waals surface area contributed by atoms with Crippen molar-refractivity contribution in [3.63, 3.8) is 0 Å². The van der Waals surface area contributed by atoms with Crippen LogP contribution in [0.5, 0.6) is 5.88 Å². The Labute approximate surface area is 151 Å². The van der Waals surface area contributed by atoms with Crippen LogP contribution in [0.2, 0.25) is 0 Å². The highest BCUT2D eigenvalue weighted by Crippen LogP contribution is 2.34. The number of benzene rings is 1. The third-order valence-electron chi connectivity index (χ3n) is 4.94. The number of fused-ring (bicyclic) bond motifs is 2. The molecule has 0 unspecified atom stereocenters. The molecule has 1 aliphatic rings. The van der Waals surface area contributed by atoms with Crippen molar-refractivity contribution >= 4 is 16.7 Å². The van der Waals surface area contributed by atoms with E-state index in [4.69, 9.17) is 4.74 Å². The fourth-order valence-corrected chi connectivity index (χ4v) is 3.54. The number of ether oxygens (including phenoxy) is 1. The number of rotatable bonds is 3. The topological polar surface area (TPSA) is 62.8 Å². The van der Waals surface area contributed by atoms with E-state index < -0.39 is 0 Å². The van der Waals surface area contributed by atoms with Crippen molar-refractivity contribution in [3.8, 4) is 28.1 Å². The molecule has 3 aromatic heterocycles. The minimum atomic E-state index is 0.608. The maximum absolute atomic E-state index is 5.14. The summed E-state index contributed by atoms with van der Waals surface area (Å²) in [6.07, 6.45) is 6.80. The van der Waals surface area contributed by atoms with Crippen LogP contribution in [0.3, 0.4) is 0 Å². The molecule has 4 heterocycles. The Bertz CT molecular complexity index is 1100. The second kappa shape index (κ2) is 5.88.